The molecule has 0 saturated heterocycles. The minimum Gasteiger partial charge on any atom is -0.379 e. The lowest BCUT2D eigenvalue weighted by Crippen LogP contribution is -2.13. The fraction of sp³-hybridized carbons (Fsp3) is 0.615. The average Bonchev–Trinajstić information content (AvgIpc) is 2.29. The van der Waals surface area contributed by atoms with Crippen LogP contribution < -0.4 is 10.6 Å². The average molecular weight is 237 g/mol. The quantitative estimate of drug-likeness (QED) is 0.682. The van der Waals surface area contributed by atoms with Gasteiger partial charge < -0.3 is 15.4 Å². The van der Waals surface area contributed by atoms with Gasteiger partial charge in [-0.15, -0.1) is 0 Å². The summed E-state index contributed by atoms with van der Waals surface area (Å²) in [6.07, 6.45) is 0. The van der Waals surface area contributed by atoms with E-state index in [9.17, 15) is 0 Å². The van der Waals surface area contributed by atoms with Gasteiger partial charge >= 0.3 is 0 Å². The fourth-order valence-corrected chi connectivity index (χ4v) is 1.38. The van der Waals surface area contributed by atoms with Crippen LogP contribution in [0.15, 0.2) is 18.2 Å². The van der Waals surface area contributed by atoms with Crippen LogP contribution in [0.3, 0.4) is 0 Å². The molecule has 2 N–H and O–H groups in total. The Labute approximate surface area is 104 Å². The summed E-state index contributed by atoms with van der Waals surface area (Å²) < 4.78 is 5.49. The maximum absolute atomic E-state index is 5.49. The van der Waals surface area contributed by atoms with Crippen LogP contribution >= 0.6 is 0 Å². The Morgan fingerprint density at radius 2 is 1.94 bits per heavy atom. The number of anilines is 2. The fourth-order valence-electron chi connectivity index (χ4n) is 1.38. The molecule has 4 heteroatoms. The SMILES string of the molecule is CCNc1cccc(NCCOCC(C)C)n1. The van der Waals surface area contributed by atoms with E-state index in [0.29, 0.717) is 12.5 Å². The van der Waals surface area contributed by atoms with Crippen molar-refractivity contribution in [3.8, 4) is 0 Å². The van der Waals surface area contributed by atoms with Crippen LogP contribution in [0.5, 0.6) is 0 Å². The highest BCUT2D eigenvalue weighted by Gasteiger charge is 1.97. The van der Waals surface area contributed by atoms with Gasteiger partial charge in [0.05, 0.1) is 6.61 Å². The largest absolute Gasteiger partial charge is 0.379 e. The molecular formula is C13H23N3O. The minimum absolute atomic E-state index is 0.588. The predicted molar refractivity (Wildman–Crippen MR) is 72.5 cm³/mol. The van der Waals surface area contributed by atoms with Gasteiger partial charge in [0.2, 0.25) is 0 Å². The van der Waals surface area contributed by atoms with Crippen LogP contribution in [-0.2, 0) is 4.74 Å². The van der Waals surface area contributed by atoms with E-state index in [0.717, 1.165) is 31.3 Å². The van der Waals surface area contributed by atoms with Crippen molar-refractivity contribution < 1.29 is 4.74 Å². The predicted octanol–water partition coefficient (Wildman–Crippen LogP) is 2.60. The zero-order chi connectivity index (χ0) is 12.5. The highest BCUT2D eigenvalue weighted by Crippen LogP contribution is 2.08. The summed E-state index contributed by atoms with van der Waals surface area (Å²) in [5, 5.41) is 6.42. The lowest BCUT2D eigenvalue weighted by Gasteiger charge is -2.09. The third-order valence-electron chi connectivity index (χ3n) is 2.11. The number of aromatic nitrogens is 1. The van der Waals surface area contributed by atoms with Gasteiger partial charge in [-0.2, -0.15) is 0 Å². The van der Waals surface area contributed by atoms with Crippen molar-refractivity contribution in [3.63, 3.8) is 0 Å². The monoisotopic (exact) mass is 237 g/mol. The Hall–Kier alpha value is -1.29. The number of ether oxygens (including phenoxy) is 1. The highest BCUT2D eigenvalue weighted by atomic mass is 16.5. The topological polar surface area (TPSA) is 46.2 Å². The molecule has 4 nitrogen and oxygen atoms in total. The zero-order valence-electron chi connectivity index (χ0n) is 11.0. The maximum atomic E-state index is 5.49. The van der Waals surface area contributed by atoms with Crippen LogP contribution in [0.2, 0.25) is 0 Å². The lowest BCUT2D eigenvalue weighted by molar-refractivity contribution is 0.118. The van der Waals surface area contributed by atoms with E-state index in [-0.39, 0.29) is 0 Å². The van der Waals surface area contributed by atoms with Gasteiger partial charge in [-0.25, -0.2) is 4.98 Å². The van der Waals surface area contributed by atoms with E-state index >= 15 is 0 Å². The number of rotatable bonds is 8. The van der Waals surface area contributed by atoms with Crippen molar-refractivity contribution in [2.75, 3.05) is 36.9 Å². The highest BCUT2D eigenvalue weighted by molar-refractivity contribution is 5.44. The van der Waals surface area contributed by atoms with Crippen molar-refractivity contribution in [1.29, 1.82) is 0 Å². The summed E-state index contributed by atoms with van der Waals surface area (Å²) in [4.78, 5) is 4.42. The van der Waals surface area contributed by atoms with Crippen LogP contribution in [0.25, 0.3) is 0 Å². The van der Waals surface area contributed by atoms with Crippen molar-refractivity contribution >= 4 is 11.6 Å². The summed E-state index contributed by atoms with van der Waals surface area (Å²) in [5.74, 6) is 2.38. The lowest BCUT2D eigenvalue weighted by atomic mass is 10.2. The summed E-state index contributed by atoms with van der Waals surface area (Å²) in [7, 11) is 0. The second-order valence-electron chi connectivity index (χ2n) is 4.33. The molecule has 96 valence electrons. The first-order valence-corrected chi connectivity index (χ1v) is 6.25. The van der Waals surface area contributed by atoms with Gasteiger partial charge in [0, 0.05) is 19.7 Å². The number of hydrogen-bond acceptors (Lipinski definition) is 4. The Bertz CT molecular complexity index is 315. The molecule has 0 aliphatic carbocycles. The molecule has 0 aliphatic heterocycles. The number of pyridine rings is 1. The Balaban J connectivity index is 2.24. The molecule has 0 atom stereocenters. The van der Waals surface area contributed by atoms with Gasteiger partial charge in [-0.05, 0) is 25.0 Å². The number of hydrogen-bond donors (Lipinski definition) is 2. The van der Waals surface area contributed by atoms with E-state index in [2.05, 4.69) is 36.4 Å². The molecule has 1 aromatic rings. The summed E-state index contributed by atoms with van der Waals surface area (Å²) in [6.45, 7) is 9.55. The summed E-state index contributed by atoms with van der Waals surface area (Å²) in [5.41, 5.74) is 0. The molecule has 17 heavy (non-hydrogen) atoms. The molecule has 0 amide bonds. The smallest absolute Gasteiger partial charge is 0.128 e. The van der Waals surface area contributed by atoms with Gasteiger partial charge in [0.25, 0.3) is 0 Å². The molecule has 0 radical (unpaired) electrons. The van der Waals surface area contributed by atoms with E-state index in [1.165, 1.54) is 0 Å². The Morgan fingerprint density at radius 1 is 1.24 bits per heavy atom. The molecule has 1 heterocycles. The summed E-state index contributed by atoms with van der Waals surface area (Å²) in [6, 6.07) is 5.91. The molecule has 0 unspecified atom stereocenters. The van der Waals surface area contributed by atoms with Gasteiger partial charge in [0.1, 0.15) is 11.6 Å². The molecule has 0 saturated carbocycles. The maximum Gasteiger partial charge on any atom is 0.128 e. The van der Waals surface area contributed by atoms with Gasteiger partial charge in [-0.3, -0.25) is 0 Å². The van der Waals surface area contributed by atoms with Crippen molar-refractivity contribution in [2.24, 2.45) is 5.92 Å². The van der Waals surface area contributed by atoms with E-state index in [1.807, 2.05) is 18.2 Å². The van der Waals surface area contributed by atoms with E-state index < -0.39 is 0 Å². The van der Waals surface area contributed by atoms with Crippen LogP contribution in [-0.4, -0.2) is 31.3 Å². The second-order valence-corrected chi connectivity index (χ2v) is 4.33. The molecule has 1 aromatic heterocycles. The van der Waals surface area contributed by atoms with Crippen molar-refractivity contribution in [2.45, 2.75) is 20.8 Å². The van der Waals surface area contributed by atoms with E-state index in [1.54, 1.807) is 0 Å². The molecule has 1 rings (SSSR count). The molecule has 0 spiro atoms. The standard InChI is InChI=1S/C13H23N3O/c1-4-14-12-6-5-7-13(16-12)15-8-9-17-10-11(2)3/h5-7,11H,4,8-10H2,1-3H3,(H2,14,15,16). The first-order valence-electron chi connectivity index (χ1n) is 6.25. The minimum atomic E-state index is 0.588. The molecular weight excluding hydrogens is 214 g/mol. The molecule has 0 aliphatic rings. The molecule has 0 aromatic carbocycles. The van der Waals surface area contributed by atoms with Crippen LogP contribution in [0.1, 0.15) is 20.8 Å². The van der Waals surface area contributed by atoms with Crippen molar-refractivity contribution in [3.05, 3.63) is 18.2 Å². The molecule has 0 fully saturated rings. The van der Waals surface area contributed by atoms with Crippen LogP contribution in [0, 0.1) is 5.92 Å². The third-order valence-corrected chi connectivity index (χ3v) is 2.11. The molecule has 0 bridgehead atoms. The third kappa shape index (κ3) is 6.12. The van der Waals surface area contributed by atoms with E-state index in [4.69, 9.17) is 4.74 Å². The zero-order valence-corrected chi connectivity index (χ0v) is 11.0. The van der Waals surface area contributed by atoms with Gasteiger partial charge in [0.15, 0.2) is 0 Å². The van der Waals surface area contributed by atoms with Gasteiger partial charge in [-0.1, -0.05) is 19.9 Å². The first-order chi connectivity index (χ1) is 8.22. The Morgan fingerprint density at radius 3 is 2.59 bits per heavy atom. The van der Waals surface area contributed by atoms with Crippen molar-refractivity contribution in [1.82, 2.24) is 4.98 Å². The first kappa shape index (κ1) is 13.8. The second kappa shape index (κ2) is 7.90. The normalized spacial score (nSPS) is 10.6. The Kier molecular flexibility index (Phi) is 6.40. The summed E-state index contributed by atoms with van der Waals surface area (Å²) >= 11 is 0. The van der Waals surface area contributed by atoms with Crippen LogP contribution in [0.4, 0.5) is 11.6 Å². The number of nitrogens with zero attached hydrogens (tertiary/aromatic N) is 1. The number of nitrogens with one attached hydrogen (secondary N) is 2.